The predicted molar refractivity (Wildman–Crippen MR) is 101 cm³/mol. The first-order chi connectivity index (χ1) is 12.8. The highest BCUT2D eigenvalue weighted by Gasteiger charge is 2.14. The molecule has 0 bridgehead atoms. The highest BCUT2D eigenvalue weighted by molar-refractivity contribution is 6.32. The summed E-state index contributed by atoms with van der Waals surface area (Å²) in [5.74, 6) is 2.22. The summed E-state index contributed by atoms with van der Waals surface area (Å²) in [7, 11) is 0. The maximum atomic E-state index is 6.48. The highest BCUT2D eigenvalue weighted by atomic mass is 35.5. The SMILES string of the molecule is CCOc1cc(C[NH2+]Cc2ccco2)cc(Cl)c1OCc1ccccc1. The summed E-state index contributed by atoms with van der Waals surface area (Å²) in [6.07, 6.45) is 1.69. The summed E-state index contributed by atoms with van der Waals surface area (Å²) in [5, 5.41) is 2.72. The first-order valence-corrected chi connectivity index (χ1v) is 9.10. The zero-order valence-corrected chi connectivity index (χ0v) is 15.5. The van der Waals surface area contributed by atoms with Crippen LogP contribution in [0.25, 0.3) is 0 Å². The minimum atomic E-state index is 0.449. The molecule has 0 radical (unpaired) electrons. The molecular weight excluding hydrogens is 350 g/mol. The lowest BCUT2D eigenvalue weighted by molar-refractivity contribution is -0.688. The van der Waals surface area contributed by atoms with Crippen molar-refractivity contribution in [3.05, 3.63) is 82.8 Å². The van der Waals surface area contributed by atoms with E-state index >= 15 is 0 Å². The summed E-state index contributed by atoms with van der Waals surface area (Å²) in [4.78, 5) is 0. The zero-order chi connectivity index (χ0) is 18.2. The van der Waals surface area contributed by atoms with Crippen LogP contribution in [0.15, 0.2) is 65.3 Å². The van der Waals surface area contributed by atoms with Crippen LogP contribution in [0.5, 0.6) is 11.5 Å². The molecule has 0 saturated carbocycles. The largest absolute Gasteiger partial charge is 0.490 e. The zero-order valence-electron chi connectivity index (χ0n) is 14.8. The molecule has 0 aliphatic heterocycles. The van der Waals surface area contributed by atoms with Gasteiger partial charge in [-0.25, -0.2) is 0 Å². The van der Waals surface area contributed by atoms with E-state index < -0.39 is 0 Å². The molecular formula is C21H23ClNO3+. The lowest BCUT2D eigenvalue weighted by Crippen LogP contribution is -2.80. The van der Waals surface area contributed by atoms with Gasteiger partial charge in [-0.2, -0.15) is 0 Å². The molecule has 1 aromatic heterocycles. The first-order valence-electron chi connectivity index (χ1n) is 8.72. The van der Waals surface area contributed by atoms with Crippen LogP contribution in [-0.4, -0.2) is 6.61 Å². The van der Waals surface area contributed by atoms with Crippen LogP contribution < -0.4 is 14.8 Å². The molecule has 3 rings (SSSR count). The fourth-order valence-corrected chi connectivity index (χ4v) is 2.97. The first kappa shape index (κ1) is 18.4. The van der Waals surface area contributed by atoms with Crippen LogP contribution >= 0.6 is 11.6 Å². The average Bonchev–Trinajstić information content (AvgIpc) is 3.16. The Morgan fingerprint density at radius 2 is 1.81 bits per heavy atom. The summed E-state index contributed by atoms with van der Waals surface area (Å²) in [6, 6.07) is 17.8. The average molecular weight is 373 g/mol. The molecule has 136 valence electrons. The van der Waals surface area contributed by atoms with Crippen molar-refractivity contribution in [2.45, 2.75) is 26.6 Å². The second-order valence-corrected chi connectivity index (χ2v) is 6.30. The summed E-state index contributed by atoms with van der Waals surface area (Å²) in [6.45, 7) is 4.51. The van der Waals surface area contributed by atoms with Crippen molar-refractivity contribution in [2.75, 3.05) is 6.61 Å². The van der Waals surface area contributed by atoms with Crippen LogP contribution in [0.4, 0.5) is 0 Å². The fraction of sp³-hybridized carbons (Fsp3) is 0.238. The number of furan rings is 1. The number of hydrogen-bond acceptors (Lipinski definition) is 3. The van der Waals surface area contributed by atoms with E-state index in [0.29, 0.717) is 29.7 Å². The number of benzene rings is 2. The molecule has 4 nitrogen and oxygen atoms in total. The summed E-state index contributed by atoms with van der Waals surface area (Å²) < 4.78 is 17.0. The van der Waals surface area contributed by atoms with E-state index in [-0.39, 0.29) is 0 Å². The second kappa shape index (κ2) is 9.32. The van der Waals surface area contributed by atoms with E-state index in [1.54, 1.807) is 6.26 Å². The van der Waals surface area contributed by atoms with Crippen molar-refractivity contribution in [3.8, 4) is 11.5 Å². The molecule has 26 heavy (non-hydrogen) atoms. The van der Waals surface area contributed by atoms with E-state index in [9.17, 15) is 0 Å². The van der Waals surface area contributed by atoms with E-state index in [1.165, 1.54) is 0 Å². The van der Waals surface area contributed by atoms with E-state index in [0.717, 1.165) is 30.0 Å². The molecule has 5 heteroatoms. The van der Waals surface area contributed by atoms with Crippen molar-refractivity contribution in [1.82, 2.24) is 0 Å². The lowest BCUT2D eigenvalue weighted by atomic mass is 10.2. The molecule has 0 fully saturated rings. The highest BCUT2D eigenvalue weighted by Crippen LogP contribution is 2.37. The van der Waals surface area contributed by atoms with Gasteiger partial charge in [0.15, 0.2) is 17.3 Å². The molecule has 1 heterocycles. The Kier molecular flexibility index (Phi) is 6.58. The van der Waals surface area contributed by atoms with Gasteiger partial charge >= 0.3 is 0 Å². The smallest absolute Gasteiger partial charge is 0.180 e. The van der Waals surface area contributed by atoms with Gasteiger partial charge in [-0.05, 0) is 36.8 Å². The van der Waals surface area contributed by atoms with Crippen molar-refractivity contribution in [3.63, 3.8) is 0 Å². The van der Waals surface area contributed by atoms with Gasteiger partial charge in [0, 0.05) is 5.56 Å². The van der Waals surface area contributed by atoms with Crippen molar-refractivity contribution >= 4 is 11.6 Å². The Labute approximate surface area is 158 Å². The molecule has 2 N–H and O–H groups in total. The molecule has 0 aliphatic rings. The third-order valence-corrected chi connectivity index (χ3v) is 4.18. The van der Waals surface area contributed by atoms with Gasteiger partial charge in [0.25, 0.3) is 0 Å². The Bertz CT molecular complexity index is 804. The van der Waals surface area contributed by atoms with Gasteiger partial charge in [-0.3, -0.25) is 0 Å². The standard InChI is InChI=1S/C21H22ClNO3/c1-2-24-20-12-17(13-23-14-18-9-6-10-25-18)11-19(22)21(20)26-15-16-7-4-3-5-8-16/h3-12,23H,2,13-15H2,1H3/p+1. The van der Waals surface area contributed by atoms with Crippen LogP contribution in [0.1, 0.15) is 23.8 Å². The minimum absolute atomic E-state index is 0.449. The topological polar surface area (TPSA) is 48.2 Å². The Hall–Kier alpha value is -2.43. The van der Waals surface area contributed by atoms with Crippen molar-refractivity contribution in [1.29, 1.82) is 0 Å². The van der Waals surface area contributed by atoms with Gasteiger partial charge in [0.05, 0.1) is 17.9 Å². The van der Waals surface area contributed by atoms with Gasteiger partial charge in [0.1, 0.15) is 19.7 Å². The van der Waals surface area contributed by atoms with Crippen LogP contribution in [0, 0.1) is 0 Å². The van der Waals surface area contributed by atoms with E-state index in [1.807, 2.05) is 61.5 Å². The van der Waals surface area contributed by atoms with Gasteiger partial charge in [0.2, 0.25) is 0 Å². The maximum absolute atomic E-state index is 6.48. The van der Waals surface area contributed by atoms with Crippen LogP contribution in [-0.2, 0) is 19.7 Å². The third-order valence-electron chi connectivity index (χ3n) is 3.90. The lowest BCUT2D eigenvalue weighted by Gasteiger charge is -2.15. The second-order valence-electron chi connectivity index (χ2n) is 5.89. The molecule has 0 aliphatic carbocycles. The van der Waals surface area contributed by atoms with Crippen LogP contribution in [0.2, 0.25) is 5.02 Å². The van der Waals surface area contributed by atoms with E-state index in [2.05, 4.69) is 5.32 Å². The summed E-state index contributed by atoms with van der Waals surface area (Å²) in [5.41, 5.74) is 2.17. The number of nitrogens with two attached hydrogens (primary N) is 1. The normalized spacial score (nSPS) is 10.7. The molecule has 0 amide bonds. The minimum Gasteiger partial charge on any atom is -0.490 e. The molecule has 0 spiro atoms. The Balaban J connectivity index is 1.68. The number of rotatable bonds is 9. The van der Waals surface area contributed by atoms with Gasteiger partial charge in [-0.1, -0.05) is 41.9 Å². The molecule has 2 aromatic carbocycles. The summed E-state index contributed by atoms with van der Waals surface area (Å²) >= 11 is 6.48. The van der Waals surface area contributed by atoms with Crippen LogP contribution in [0.3, 0.4) is 0 Å². The Morgan fingerprint density at radius 1 is 0.962 bits per heavy atom. The molecule has 0 unspecified atom stereocenters. The van der Waals surface area contributed by atoms with Gasteiger partial charge < -0.3 is 19.2 Å². The number of quaternary nitrogens is 1. The fourth-order valence-electron chi connectivity index (χ4n) is 2.68. The predicted octanol–water partition coefficient (Wildman–Crippen LogP) is 4.17. The molecule has 3 aromatic rings. The number of halogens is 1. The maximum Gasteiger partial charge on any atom is 0.180 e. The molecule has 0 saturated heterocycles. The third kappa shape index (κ3) is 5.04. The van der Waals surface area contributed by atoms with Gasteiger partial charge in [-0.15, -0.1) is 0 Å². The quantitative estimate of drug-likeness (QED) is 0.613. The Morgan fingerprint density at radius 3 is 2.54 bits per heavy atom. The monoisotopic (exact) mass is 372 g/mol. The van der Waals surface area contributed by atoms with Crippen molar-refractivity contribution in [2.24, 2.45) is 0 Å². The number of hydrogen-bond donors (Lipinski definition) is 1. The number of ether oxygens (including phenoxy) is 2. The molecule has 0 atom stereocenters. The van der Waals surface area contributed by atoms with Crippen molar-refractivity contribution < 1.29 is 19.2 Å². The van der Waals surface area contributed by atoms with E-state index in [4.69, 9.17) is 25.5 Å².